The molecule has 0 saturated carbocycles. The van der Waals surface area contributed by atoms with Crippen LogP contribution in [0.15, 0.2) is 0 Å². The fourth-order valence-corrected chi connectivity index (χ4v) is 2.99. The fraction of sp³-hybridized carbons (Fsp3) is 1.00. The second-order valence-electron chi connectivity index (χ2n) is 6.92. The van der Waals surface area contributed by atoms with Gasteiger partial charge in [0.15, 0.2) is 6.29 Å². The summed E-state index contributed by atoms with van der Waals surface area (Å²) in [6, 6.07) is 0. The molecule has 2 aliphatic rings. The van der Waals surface area contributed by atoms with Crippen molar-refractivity contribution in [3.05, 3.63) is 0 Å². The van der Waals surface area contributed by atoms with Crippen molar-refractivity contribution in [3.8, 4) is 0 Å². The van der Waals surface area contributed by atoms with Gasteiger partial charge in [-0.05, 0) is 12.3 Å². The fourth-order valence-electron chi connectivity index (χ4n) is 2.99. The van der Waals surface area contributed by atoms with E-state index < -0.39 is 49.0 Å². The monoisotopic (exact) mass is 350 g/mol. The van der Waals surface area contributed by atoms with Crippen molar-refractivity contribution < 1.29 is 39.7 Å². The standard InChI is InChI=1S/C16H30O8/c1-3-8(2)4-12-9(17)5-10(18)16(24-12)23-7-13-15(21)14(20)11(19)6-22-13/h8-21H,3-7H2,1-2H3/t8?,9?,10-,11?,12?,13?,14?,15?,16?/m0/s1. The van der Waals surface area contributed by atoms with Crippen molar-refractivity contribution in [1.82, 2.24) is 0 Å². The van der Waals surface area contributed by atoms with Crippen LogP contribution in [-0.4, -0.2) is 87.8 Å². The third-order valence-corrected chi connectivity index (χ3v) is 4.90. The Morgan fingerprint density at radius 2 is 1.71 bits per heavy atom. The molecule has 0 aromatic rings. The molecule has 5 N–H and O–H groups in total. The van der Waals surface area contributed by atoms with Crippen LogP contribution in [0.3, 0.4) is 0 Å². The number of rotatable bonds is 6. The number of hydrogen-bond acceptors (Lipinski definition) is 8. The van der Waals surface area contributed by atoms with Gasteiger partial charge in [0, 0.05) is 6.42 Å². The zero-order chi connectivity index (χ0) is 17.9. The van der Waals surface area contributed by atoms with Crippen molar-refractivity contribution in [1.29, 1.82) is 0 Å². The van der Waals surface area contributed by atoms with E-state index in [0.717, 1.165) is 6.42 Å². The summed E-state index contributed by atoms with van der Waals surface area (Å²) < 4.78 is 16.5. The number of hydrogen-bond donors (Lipinski definition) is 5. The van der Waals surface area contributed by atoms with E-state index in [9.17, 15) is 25.5 Å². The molecule has 0 aliphatic carbocycles. The first kappa shape index (κ1) is 20.0. The van der Waals surface area contributed by atoms with Crippen LogP contribution in [0.25, 0.3) is 0 Å². The number of ether oxygens (including phenoxy) is 3. The lowest BCUT2D eigenvalue weighted by atomic mass is 9.93. The quantitative estimate of drug-likeness (QED) is 0.402. The van der Waals surface area contributed by atoms with Crippen LogP contribution in [0.1, 0.15) is 33.1 Å². The minimum absolute atomic E-state index is 0.0984. The maximum absolute atomic E-state index is 10.1. The Hall–Kier alpha value is -0.320. The van der Waals surface area contributed by atoms with Crippen molar-refractivity contribution >= 4 is 0 Å². The highest BCUT2D eigenvalue weighted by Crippen LogP contribution is 2.27. The highest BCUT2D eigenvalue weighted by Gasteiger charge is 2.41. The van der Waals surface area contributed by atoms with Crippen LogP contribution >= 0.6 is 0 Å². The Labute approximate surface area is 142 Å². The van der Waals surface area contributed by atoms with E-state index >= 15 is 0 Å². The van der Waals surface area contributed by atoms with Crippen molar-refractivity contribution in [2.24, 2.45) is 5.92 Å². The summed E-state index contributed by atoms with van der Waals surface area (Å²) in [5.41, 5.74) is 0. The van der Waals surface area contributed by atoms with Crippen LogP contribution in [0.4, 0.5) is 0 Å². The summed E-state index contributed by atoms with van der Waals surface area (Å²) in [5, 5.41) is 49.1. The van der Waals surface area contributed by atoms with Gasteiger partial charge in [-0.3, -0.25) is 0 Å². The topological polar surface area (TPSA) is 129 Å². The van der Waals surface area contributed by atoms with Crippen LogP contribution in [0.2, 0.25) is 0 Å². The Morgan fingerprint density at radius 1 is 1.00 bits per heavy atom. The van der Waals surface area contributed by atoms with E-state index in [4.69, 9.17) is 14.2 Å². The molecule has 142 valence electrons. The van der Waals surface area contributed by atoms with Gasteiger partial charge in [0.05, 0.1) is 25.4 Å². The van der Waals surface area contributed by atoms with Gasteiger partial charge in [0.1, 0.15) is 30.5 Å². The van der Waals surface area contributed by atoms with Crippen LogP contribution in [0, 0.1) is 5.92 Å². The Kier molecular flexibility index (Phi) is 7.39. The molecular weight excluding hydrogens is 320 g/mol. The zero-order valence-corrected chi connectivity index (χ0v) is 14.2. The van der Waals surface area contributed by atoms with Crippen molar-refractivity contribution in [3.63, 3.8) is 0 Å². The van der Waals surface area contributed by atoms with Gasteiger partial charge in [0.2, 0.25) is 0 Å². The second kappa shape index (κ2) is 8.86. The zero-order valence-electron chi connectivity index (χ0n) is 14.2. The van der Waals surface area contributed by atoms with Crippen molar-refractivity contribution in [2.45, 2.75) is 82.1 Å². The SMILES string of the molecule is CCC(C)CC1OC(OCC2OCC(O)C(O)C2O)[C@@H](O)CC1O. The molecule has 2 fully saturated rings. The minimum atomic E-state index is -1.30. The average Bonchev–Trinajstić information content (AvgIpc) is 2.55. The Bertz CT molecular complexity index is 381. The van der Waals surface area contributed by atoms with Gasteiger partial charge in [-0.2, -0.15) is 0 Å². The van der Waals surface area contributed by atoms with E-state index in [0.29, 0.717) is 12.3 Å². The van der Waals surface area contributed by atoms with Gasteiger partial charge in [0.25, 0.3) is 0 Å². The van der Waals surface area contributed by atoms with Crippen LogP contribution < -0.4 is 0 Å². The molecule has 8 heteroatoms. The first-order valence-corrected chi connectivity index (χ1v) is 8.62. The molecule has 0 amide bonds. The first-order chi connectivity index (χ1) is 11.3. The summed E-state index contributed by atoms with van der Waals surface area (Å²) in [6.07, 6.45) is -5.84. The van der Waals surface area contributed by atoms with Crippen LogP contribution in [-0.2, 0) is 14.2 Å². The molecular formula is C16H30O8. The molecule has 2 heterocycles. The van der Waals surface area contributed by atoms with Crippen LogP contribution in [0.5, 0.6) is 0 Å². The molecule has 8 nitrogen and oxygen atoms in total. The Balaban J connectivity index is 1.86. The molecule has 24 heavy (non-hydrogen) atoms. The molecule has 0 aromatic heterocycles. The third-order valence-electron chi connectivity index (χ3n) is 4.90. The van der Waals surface area contributed by atoms with E-state index in [1.807, 2.05) is 0 Å². The first-order valence-electron chi connectivity index (χ1n) is 8.62. The van der Waals surface area contributed by atoms with E-state index in [1.165, 1.54) is 0 Å². The second-order valence-corrected chi connectivity index (χ2v) is 6.92. The molecule has 2 rings (SSSR count). The minimum Gasteiger partial charge on any atom is -0.390 e. The van der Waals surface area contributed by atoms with E-state index in [-0.39, 0.29) is 19.6 Å². The predicted molar refractivity (Wildman–Crippen MR) is 83.1 cm³/mol. The summed E-state index contributed by atoms with van der Waals surface area (Å²) in [4.78, 5) is 0. The summed E-state index contributed by atoms with van der Waals surface area (Å²) in [7, 11) is 0. The summed E-state index contributed by atoms with van der Waals surface area (Å²) in [6.45, 7) is 3.93. The highest BCUT2D eigenvalue weighted by molar-refractivity contribution is 4.87. The maximum atomic E-state index is 10.1. The molecule has 9 atom stereocenters. The maximum Gasteiger partial charge on any atom is 0.184 e. The lowest BCUT2D eigenvalue weighted by molar-refractivity contribution is -0.283. The lowest BCUT2D eigenvalue weighted by Gasteiger charge is -2.40. The van der Waals surface area contributed by atoms with Gasteiger partial charge >= 0.3 is 0 Å². The smallest absolute Gasteiger partial charge is 0.184 e. The summed E-state index contributed by atoms with van der Waals surface area (Å²) in [5.74, 6) is 0.376. The van der Waals surface area contributed by atoms with E-state index in [1.54, 1.807) is 0 Å². The Morgan fingerprint density at radius 3 is 2.38 bits per heavy atom. The van der Waals surface area contributed by atoms with Crippen molar-refractivity contribution in [2.75, 3.05) is 13.2 Å². The average molecular weight is 350 g/mol. The molecule has 0 bridgehead atoms. The third kappa shape index (κ3) is 4.86. The normalized spacial score (nSPS) is 45.1. The molecule has 8 unspecified atom stereocenters. The molecule has 0 spiro atoms. The molecule has 0 aromatic carbocycles. The van der Waals surface area contributed by atoms with Gasteiger partial charge < -0.3 is 39.7 Å². The number of aliphatic hydroxyl groups excluding tert-OH is 5. The largest absolute Gasteiger partial charge is 0.390 e. The molecule has 2 saturated heterocycles. The number of aliphatic hydroxyl groups is 5. The lowest BCUT2D eigenvalue weighted by Crippen LogP contribution is -2.55. The molecule has 2 aliphatic heterocycles. The molecule has 0 radical (unpaired) electrons. The van der Waals surface area contributed by atoms with E-state index in [2.05, 4.69) is 13.8 Å². The summed E-state index contributed by atoms with van der Waals surface area (Å²) >= 11 is 0. The van der Waals surface area contributed by atoms with Gasteiger partial charge in [-0.1, -0.05) is 20.3 Å². The highest BCUT2D eigenvalue weighted by atomic mass is 16.7. The predicted octanol–water partition coefficient (Wildman–Crippen LogP) is -1.24. The van der Waals surface area contributed by atoms with Gasteiger partial charge in [-0.25, -0.2) is 0 Å². The van der Waals surface area contributed by atoms with Gasteiger partial charge in [-0.15, -0.1) is 0 Å².